The molecule has 4 atom stereocenters. The number of carbonyl (C=O) groups is 4. The van der Waals surface area contributed by atoms with Gasteiger partial charge < -0.3 is 59.4 Å². The second-order valence-electron chi connectivity index (χ2n) is 10.1. The number of carboxylic acid groups (broad SMARTS) is 4. The van der Waals surface area contributed by atoms with Gasteiger partial charge in [-0.25, -0.2) is 9.59 Å². The summed E-state index contributed by atoms with van der Waals surface area (Å²) in [6, 6.07) is 0. The van der Waals surface area contributed by atoms with Gasteiger partial charge in [-0.05, 0) is 19.3 Å². The first kappa shape index (κ1) is 37.8. The summed E-state index contributed by atoms with van der Waals surface area (Å²) in [5.74, 6) is -7.65. The van der Waals surface area contributed by atoms with Crippen molar-refractivity contribution in [3.63, 3.8) is 0 Å². The van der Waals surface area contributed by atoms with Crippen molar-refractivity contribution in [1.82, 2.24) is 0 Å². The number of aliphatic carboxylic acids is 4. The molecule has 0 aromatic heterocycles. The Morgan fingerprint density at radius 2 is 0.868 bits per heavy atom. The van der Waals surface area contributed by atoms with Crippen molar-refractivity contribution in [2.75, 3.05) is 53.4 Å². The Bertz CT molecular complexity index is 640. The van der Waals surface area contributed by atoms with E-state index in [0.29, 0.717) is 0 Å². The Balaban J connectivity index is 0. The number of carboxylic acids is 4. The number of nitrogens with zero attached hydrogens (tertiary/aromatic N) is 2. The highest BCUT2D eigenvalue weighted by Gasteiger charge is 2.28. The maximum Gasteiger partial charge on any atom is 0.335 e. The lowest BCUT2D eigenvalue weighted by atomic mass is 10.2. The van der Waals surface area contributed by atoms with Crippen molar-refractivity contribution < 1.29 is 69.0 Å². The highest BCUT2D eigenvalue weighted by Crippen LogP contribution is 2.20. The van der Waals surface area contributed by atoms with Crippen LogP contribution in [0.2, 0.25) is 0 Å². The molecule has 38 heavy (non-hydrogen) atoms. The minimum Gasteiger partial charge on any atom is -0.547 e. The molecule has 2 fully saturated rings. The van der Waals surface area contributed by atoms with E-state index in [4.69, 9.17) is 30.6 Å². The first-order chi connectivity index (χ1) is 17.0. The lowest BCUT2D eigenvalue weighted by Gasteiger charge is -2.30. The van der Waals surface area contributed by atoms with Crippen LogP contribution in [0.5, 0.6) is 0 Å². The SMILES string of the molecule is C.C[N+]1(CCCCC[N+]2(C)CCCC2)CCCC1.O=C([O-])C(O)C(O)C(=O)O.O=C([O-])C(O)C(O)C(=O)O. The Morgan fingerprint density at radius 3 is 1.05 bits per heavy atom. The molecule has 0 aliphatic carbocycles. The van der Waals surface area contributed by atoms with Crippen LogP contribution in [-0.4, -0.2) is 141 Å². The first-order valence-corrected chi connectivity index (χ1v) is 12.3. The van der Waals surface area contributed by atoms with Crippen LogP contribution < -0.4 is 10.2 Å². The molecule has 0 aromatic rings. The molecule has 2 aliphatic rings. The van der Waals surface area contributed by atoms with Crippen molar-refractivity contribution in [1.29, 1.82) is 0 Å². The molecule has 4 unspecified atom stereocenters. The number of unbranched alkanes of at least 4 members (excludes halogenated alkanes) is 2. The normalized spacial score (nSPS) is 20.2. The van der Waals surface area contributed by atoms with Gasteiger partial charge in [0.25, 0.3) is 0 Å². The van der Waals surface area contributed by atoms with E-state index < -0.39 is 48.3 Å². The van der Waals surface area contributed by atoms with Crippen molar-refractivity contribution in [3.8, 4) is 0 Å². The second kappa shape index (κ2) is 18.0. The molecule has 2 saturated heterocycles. The predicted octanol–water partition coefficient (Wildman–Crippen LogP) is -3.64. The molecule has 0 bridgehead atoms. The summed E-state index contributed by atoms with van der Waals surface area (Å²) in [6.45, 7) is 8.62. The van der Waals surface area contributed by atoms with Crippen LogP contribution in [0.25, 0.3) is 0 Å². The number of rotatable bonds is 12. The van der Waals surface area contributed by atoms with Gasteiger partial charge in [-0.3, -0.25) is 0 Å². The van der Waals surface area contributed by atoms with Crippen LogP contribution in [-0.2, 0) is 19.2 Å². The maximum atomic E-state index is 9.74. The predicted molar refractivity (Wildman–Crippen MR) is 130 cm³/mol. The topological polar surface area (TPSA) is 236 Å². The molecule has 0 amide bonds. The second-order valence-corrected chi connectivity index (χ2v) is 10.1. The van der Waals surface area contributed by atoms with E-state index in [1.807, 2.05) is 0 Å². The summed E-state index contributed by atoms with van der Waals surface area (Å²) in [5.41, 5.74) is 0. The molecule has 2 aliphatic heterocycles. The highest BCUT2D eigenvalue weighted by atomic mass is 16.4. The number of hydrogen-bond acceptors (Lipinski definition) is 10. The standard InChI is InChI=1S/C15H32N2.2C4H6O6.CH4/c1-16(12-6-7-13-16)10-4-3-5-11-17(2)14-8-9-15-17;2*5-1(3(7)8)2(6)4(9)10;/h3-15H2,1-2H3;2*1-2,5-6H,(H,7,8)(H,9,10);1H4/q+2;;;/p-2. The molecule has 6 N–H and O–H groups in total. The number of hydrogen-bond donors (Lipinski definition) is 6. The summed E-state index contributed by atoms with van der Waals surface area (Å²) < 4.78 is 2.73. The third kappa shape index (κ3) is 14.5. The van der Waals surface area contributed by atoms with Crippen molar-refractivity contribution in [2.24, 2.45) is 0 Å². The van der Waals surface area contributed by atoms with Gasteiger partial charge in [-0.1, -0.05) is 7.43 Å². The van der Waals surface area contributed by atoms with Gasteiger partial charge in [0.1, 0.15) is 12.2 Å². The quantitative estimate of drug-likeness (QED) is 0.101. The van der Waals surface area contributed by atoms with Crippen LogP contribution in [0.4, 0.5) is 0 Å². The summed E-state index contributed by atoms with van der Waals surface area (Å²) in [5, 5.41) is 68.3. The molecule has 0 radical (unpaired) electrons. The van der Waals surface area contributed by atoms with Gasteiger partial charge in [-0.15, -0.1) is 0 Å². The monoisotopic (exact) mass is 554 g/mol. The minimum absolute atomic E-state index is 0. The van der Waals surface area contributed by atoms with E-state index >= 15 is 0 Å². The lowest BCUT2D eigenvalue weighted by Crippen LogP contribution is -2.46. The molecule has 0 saturated carbocycles. The average molecular weight is 555 g/mol. The summed E-state index contributed by atoms with van der Waals surface area (Å²) in [6.07, 6.45) is 0.813. The fraction of sp³-hybridized carbons (Fsp3) is 0.833. The zero-order chi connectivity index (χ0) is 28.8. The molecule has 14 nitrogen and oxygen atoms in total. The van der Waals surface area contributed by atoms with Gasteiger partial charge in [0.15, 0.2) is 12.2 Å². The van der Waals surface area contributed by atoms with Gasteiger partial charge in [-0.2, -0.15) is 0 Å². The Labute approximate surface area is 223 Å². The van der Waals surface area contributed by atoms with Crippen molar-refractivity contribution in [3.05, 3.63) is 0 Å². The number of likely N-dealkylation sites (tertiary alicyclic amines) is 2. The smallest absolute Gasteiger partial charge is 0.335 e. The van der Waals surface area contributed by atoms with Crippen molar-refractivity contribution >= 4 is 23.9 Å². The van der Waals surface area contributed by atoms with Crippen LogP contribution in [0.3, 0.4) is 0 Å². The highest BCUT2D eigenvalue weighted by molar-refractivity contribution is 5.82. The zero-order valence-corrected chi connectivity index (χ0v) is 21.5. The fourth-order valence-corrected chi connectivity index (χ4v) is 4.34. The number of carbonyl (C=O) groups excluding carboxylic acids is 2. The first-order valence-electron chi connectivity index (χ1n) is 12.3. The molecule has 2 rings (SSSR count). The number of aliphatic hydroxyl groups is 4. The van der Waals surface area contributed by atoms with Gasteiger partial charge in [0.05, 0.1) is 65.3 Å². The van der Waals surface area contributed by atoms with E-state index in [1.165, 1.54) is 93.2 Å². The average Bonchev–Trinajstić information content (AvgIpc) is 3.46. The number of aliphatic hydroxyl groups excluding tert-OH is 4. The molecular weight excluding hydrogens is 508 g/mol. The third-order valence-electron chi connectivity index (χ3n) is 6.77. The van der Waals surface area contributed by atoms with Crippen LogP contribution in [0, 0.1) is 0 Å². The van der Waals surface area contributed by atoms with Crippen LogP contribution >= 0.6 is 0 Å². The summed E-state index contributed by atoms with van der Waals surface area (Å²) >= 11 is 0. The minimum atomic E-state index is -2.38. The van der Waals surface area contributed by atoms with Crippen molar-refractivity contribution in [2.45, 2.75) is 76.8 Å². The van der Waals surface area contributed by atoms with E-state index in [-0.39, 0.29) is 7.43 Å². The largest absolute Gasteiger partial charge is 0.547 e. The Hall–Kier alpha value is -2.36. The van der Waals surface area contributed by atoms with E-state index in [0.717, 1.165) is 0 Å². The molecular formula is C24H46N2O12. The Kier molecular flexibility index (Phi) is 17.9. The zero-order valence-electron chi connectivity index (χ0n) is 21.5. The molecule has 14 heteroatoms. The summed E-state index contributed by atoms with van der Waals surface area (Å²) in [4.78, 5) is 38.8. The lowest BCUT2D eigenvalue weighted by molar-refractivity contribution is -0.899. The van der Waals surface area contributed by atoms with Crippen LogP contribution in [0.15, 0.2) is 0 Å². The number of quaternary nitrogens is 2. The molecule has 0 spiro atoms. The van der Waals surface area contributed by atoms with Gasteiger partial charge in [0, 0.05) is 25.7 Å². The van der Waals surface area contributed by atoms with Crippen LogP contribution in [0.1, 0.15) is 52.4 Å². The fourth-order valence-electron chi connectivity index (χ4n) is 4.34. The van der Waals surface area contributed by atoms with E-state index in [2.05, 4.69) is 14.1 Å². The maximum absolute atomic E-state index is 9.74. The van der Waals surface area contributed by atoms with Gasteiger partial charge in [0.2, 0.25) is 0 Å². The third-order valence-corrected chi connectivity index (χ3v) is 6.77. The molecule has 0 aromatic carbocycles. The van der Waals surface area contributed by atoms with E-state index in [9.17, 15) is 29.4 Å². The Morgan fingerprint density at radius 1 is 0.605 bits per heavy atom. The molecule has 224 valence electrons. The van der Waals surface area contributed by atoms with E-state index in [1.54, 1.807) is 0 Å². The molecule has 2 heterocycles. The summed E-state index contributed by atoms with van der Waals surface area (Å²) in [7, 11) is 4.92. The van der Waals surface area contributed by atoms with Gasteiger partial charge >= 0.3 is 11.9 Å².